The van der Waals surface area contributed by atoms with Crippen LogP contribution in [-0.4, -0.2) is 37.2 Å². The van der Waals surface area contributed by atoms with Gasteiger partial charge in [-0.3, -0.25) is 0 Å². The SMILES string of the molecule is CCCN(Cc1ccc(C#N)cc1)C(=O)NCCCOCC. The molecule has 1 N–H and O–H groups in total. The Bertz CT molecular complexity index is 480. The van der Waals surface area contributed by atoms with Crippen molar-refractivity contribution in [2.45, 2.75) is 33.2 Å². The maximum absolute atomic E-state index is 12.2. The Balaban J connectivity index is 2.48. The Hall–Kier alpha value is -2.06. The summed E-state index contributed by atoms with van der Waals surface area (Å²) in [4.78, 5) is 14.0. The lowest BCUT2D eigenvalue weighted by atomic mass is 10.1. The monoisotopic (exact) mass is 303 g/mol. The van der Waals surface area contributed by atoms with Crippen molar-refractivity contribution in [3.05, 3.63) is 35.4 Å². The van der Waals surface area contributed by atoms with E-state index in [1.165, 1.54) is 0 Å². The van der Waals surface area contributed by atoms with Gasteiger partial charge >= 0.3 is 6.03 Å². The van der Waals surface area contributed by atoms with E-state index in [1.807, 2.05) is 26.0 Å². The van der Waals surface area contributed by atoms with Crippen molar-refractivity contribution < 1.29 is 9.53 Å². The summed E-state index contributed by atoms with van der Waals surface area (Å²) in [5, 5.41) is 11.7. The first-order valence-electron chi connectivity index (χ1n) is 7.80. The first kappa shape index (κ1) is 18.0. The molecule has 0 aliphatic rings. The number of rotatable bonds is 9. The summed E-state index contributed by atoms with van der Waals surface area (Å²) in [5.41, 5.74) is 1.66. The molecule has 0 aliphatic carbocycles. The van der Waals surface area contributed by atoms with Crippen LogP contribution in [-0.2, 0) is 11.3 Å². The largest absolute Gasteiger partial charge is 0.382 e. The van der Waals surface area contributed by atoms with E-state index in [2.05, 4.69) is 11.4 Å². The van der Waals surface area contributed by atoms with Crippen LogP contribution in [0.1, 0.15) is 37.8 Å². The minimum Gasteiger partial charge on any atom is -0.382 e. The highest BCUT2D eigenvalue weighted by atomic mass is 16.5. The minimum atomic E-state index is -0.0530. The third kappa shape index (κ3) is 6.59. The lowest BCUT2D eigenvalue weighted by Crippen LogP contribution is -2.40. The third-order valence-electron chi connectivity index (χ3n) is 3.18. The Morgan fingerprint density at radius 2 is 2.05 bits per heavy atom. The number of carbonyl (C=O) groups is 1. The molecule has 0 spiro atoms. The van der Waals surface area contributed by atoms with Crippen LogP contribution in [0.5, 0.6) is 0 Å². The fraction of sp³-hybridized carbons (Fsp3) is 0.529. The van der Waals surface area contributed by atoms with E-state index >= 15 is 0 Å². The molecule has 0 bridgehead atoms. The molecular weight excluding hydrogens is 278 g/mol. The molecule has 5 nitrogen and oxygen atoms in total. The Labute approximate surface area is 132 Å². The van der Waals surface area contributed by atoms with Crippen molar-refractivity contribution >= 4 is 6.03 Å². The second-order valence-electron chi connectivity index (χ2n) is 5.01. The summed E-state index contributed by atoms with van der Waals surface area (Å²) in [7, 11) is 0. The zero-order valence-electron chi connectivity index (χ0n) is 13.5. The topological polar surface area (TPSA) is 65.4 Å². The van der Waals surface area contributed by atoms with E-state index in [0.29, 0.717) is 38.4 Å². The van der Waals surface area contributed by atoms with Crippen LogP contribution >= 0.6 is 0 Å². The number of amides is 2. The fourth-order valence-electron chi connectivity index (χ4n) is 2.05. The highest BCUT2D eigenvalue weighted by Gasteiger charge is 2.12. The van der Waals surface area contributed by atoms with Crippen molar-refractivity contribution in [1.29, 1.82) is 5.26 Å². The van der Waals surface area contributed by atoms with Crippen molar-refractivity contribution in [2.24, 2.45) is 0 Å². The highest BCUT2D eigenvalue weighted by Crippen LogP contribution is 2.08. The molecule has 1 aromatic carbocycles. The molecule has 0 saturated carbocycles. The predicted octanol–water partition coefficient (Wildman–Crippen LogP) is 2.91. The third-order valence-corrected chi connectivity index (χ3v) is 3.18. The van der Waals surface area contributed by atoms with Gasteiger partial charge in [-0.15, -0.1) is 0 Å². The van der Waals surface area contributed by atoms with Crippen LogP contribution in [0.4, 0.5) is 4.79 Å². The zero-order valence-corrected chi connectivity index (χ0v) is 13.5. The van der Waals surface area contributed by atoms with Crippen LogP contribution in [0.2, 0.25) is 0 Å². The molecule has 0 aromatic heterocycles. The lowest BCUT2D eigenvalue weighted by Gasteiger charge is -2.22. The normalized spacial score (nSPS) is 10.0. The van der Waals surface area contributed by atoms with Gasteiger partial charge in [-0.25, -0.2) is 4.79 Å². The molecule has 0 atom stereocenters. The number of urea groups is 1. The molecule has 120 valence electrons. The second-order valence-corrected chi connectivity index (χ2v) is 5.01. The summed E-state index contributed by atoms with van der Waals surface area (Å²) < 4.78 is 5.25. The number of carbonyl (C=O) groups excluding carboxylic acids is 1. The molecule has 2 amide bonds. The zero-order chi connectivity index (χ0) is 16.2. The van der Waals surface area contributed by atoms with Crippen LogP contribution in [0, 0.1) is 11.3 Å². The second kappa shape index (κ2) is 10.6. The average molecular weight is 303 g/mol. The highest BCUT2D eigenvalue weighted by molar-refractivity contribution is 5.74. The number of hydrogen-bond acceptors (Lipinski definition) is 3. The molecule has 0 heterocycles. The van der Waals surface area contributed by atoms with Gasteiger partial charge in [0.2, 0.25) is 0 Å². The van der Waals surface area contributed by atoms with E-state index in [1.54, 1.807) is 17.0 Å². The first-order chi connectivity index (χ1) is 10.7. The van der Waals surface area contributed by atoms with E-state index in [9.17, 15) is 4.79 Å². The molecular formula is C17H25N3O2. The summed E-state index contributed by atoms with van der Waals surface area (Å²) in [6.07, 6.45) is 1.72. The van der Waals surface area contributed by atoms with Gasteiger partial charge in [0.05, 0.1) is 11.6 Å². The number of nitrogens with zero attached hydrogens (tertiary/aromatic N) is 2. The number of nitriles is 1. The molecule has 0 saturated heterocycles. The number of nitrogens with one attached hydrogen (secondary N) is 1. The maximum atomic E-state index is 12.2. The van der Waals surface area contributed by atoms with Crippen LogP contribution in [0.25, 0.3) is 0 Å². The standard InChI is InChI=1S/C17H25N3O2/c1-3-11-20(17(21)19-10-5-12-22-4-2)14-16-8-6-15(13-18)7-9-16/h6-9H,3-5,10-12,14H2,1-2H3,(H,19,21). The molecule has 1 aromatic rings. The van der Waals surface area contributed by atoms with Gasteiger partial charge in [0.15, 0.2) is 0 Å². The average Bonchev–Trinajstić information content (AvgIpc) is 2.54. The summed E-state index contributed by atoms with van der Waals surface area (Å²) >= 11 is 0. The van der Waals surface area contributed by atoms with Gasteiger partial charge in [-0.2, -0.15) is 5.26 Å². The van der Waals surface area contributed by atoms with Crippen LogP contribution < -0.4 is 5.32 Å². The van der Waals surface area contributed by atoms with Gasteiger partial charge in [-0.1, -0.05) is 19.1 Å². The van der Waals surface area contributed by atoms with Gasteiger partial charge in [0.1, 0.15) is 0 Å². The number of hydrogen-bond donors (Lipinski definition) is 1. The van der Waals surface area contributed by atoms with Gasteiger partial charge < -0.3 is 15.0 Å². The van der Waals surface area contributed by atoms with Gasteiger partial charge in [-0.05, 0) is 37.5 Å². The summed E-state index contributed by atoms with van der Waals surface area (Å²) in [6, 6.07) is 9.38. The van der Waals surface area contributed by atoms with Gasteiger partial charge in [0.25, 0.3) is 0 Å². The van der Waals surface area contributed by atoms with Crippen molar-refractivity contribution in [3.63, 3.8) is 0 Å². The Kier molecular flexibility index (Phi) is 8.70. The van der Waals surface area contributed by atoms with Crippen LogP contribution in [0.3, 0.4) is 0 Å². The van der Waals surface area contributed by atoms with Crippen LogP contribution in [0.15, 0.2) is 24.3 Å². The Morgan fingerprint density at radius 3 is 2.64 bits per heavy atom. The van der Waals surface area contributed by atoms with E-state index in [-0.39, 0.29) is 6.03 Å². The fourth-order valence-corrected chi connectivity index (χ4v) is 2.05. The quantitative estimate of drug-likeness (QED) is 0.713. The van der Waals surface area contributed by atoms with Crippen molar-refractivity contribution in [2.75, 3.05) is 26.3 Å². The summed E-state index contributed by atoms with van der Waals surface area (Å²) in [5.74, 6) is 0. The number of ether oxygens (including phenoxy) is 1. The lowest BCUT2D eigenvalue weighted by molar-refractivity contribution is 0.143. The van der Waals surface area contributed by atoms with E-state index in [0.717, 1.165) is 18.4 Å². The van der Waals surface area contributed by atoms with E-state index < -0.39 is 0 Å². The predicted molar refractivity (Wildman–Crippen MR) is 86.4 cm³/mol. The Morgan fingerprint density at radius 1 is 1.32 bits per heavy atom. The van der Waals surface area contributed by atoms with Crippen molar-refractivity contribution in [3.8, 4) is 6.07 Å². The van der Waals surface area contributed by atoms with Gasteiger partial charge in [0, 0.05) is 32.8 Å². The molecule has 0 radical (unpaired) electrons. The molecule has 1 rings (SSSR count). The maximum Gasteiger partial charge on any atom is 0.317 e. The molecule has 0 unspecified atom stereocenters. The molecule has 5 heteroatoms. The minimum absolute atomic E-state index is 0.0530. The molecule has 0 aliphatic heterocycles. The van der Waals surface area contributed by atoms with Crippen molar-refractivity contribution in [1.82, 2.24) is 10.2 Å². The first-order valence-corrected chi connectivity index (χ1v) is 7.80. The molecule has 22 heavy (non-hydrogen) atoms. The smallest absolute Gasteiger partial charge is 0.317 e. The summed E-state index contributed by atoms with van der Waals surface area (Å²) in [6.45, 7) is 7.25. The number of benzene rings is 1. The molecule has 0 fully saturated rings. The van der Waals surface area contributed by atoms with E-state index in [4.69, 9.17) is 10.00 Å².